The number of pyridine rings is 1. The summed E-state index contributed by atoms with van der Waals surface area (Å²) in [5, 5.41) is 0. The molecule has 1 heterocycles. The lowest BCUT2D eigenvalue weighted by molar-refractivity contribution is 0.0526. The van der Waals surface area contributed by atoms with Crippen LogP contribution >= 0.6 is 15.9 Å². The van der Waals surface area contributed by atoms with Crippen LogP contribution in [-0.4, -0.2) is 17.6 Å². The third-order valence-electron chi connectivity index (χ3n) is 5.42. The fraction of sp³-hybridized carbons (Fsp3) is 0.231. The number of esters is 1. The molecule has 0 saturated heterocycles. The predicted octanol–water partition coefficient (Wildman–Crippen LogP) is 6.70. The fourth-order valence-corrected chi connectivity index (χ4v) is 4.28. The highest BCUT2D eigenvalue weighted by molar-refractivity contribution is 9.10. The van der Waals surface area contributed by atoms with Gasteiger partial charge in [-0.25, -0.2) is 9.18 Å². The second-order valence-corrected chi connectivity index (χ2v) is 8.45. The van der Waals surface area contributed by atoms with E-state index in [1.165, 1.54) is 12.1 Å². The lowest BCUT2D eigenvalue weighted by Crippen LogP contribution is -2.07. The van der Waals surface area contributed by atoms with E-state index in [0.29, 0.717) is 18.8 Å². The van der Waals surface area contributed by atoms with E-state index in [1.807, 2.05) is 12.1 Å². The minimum Gasteiger partial charge on any atom is -0.489 e. The van der Waals surface area contributed by atoms with Gasteiger partial charge in [-0.3, -0.25) is 4.98 Å². The molecule has 4 nitrogen and oxygen atoms in total. The molecule has 0 N–H and O–H groups in total. The van der Waals surface area contributed by atoms with Gasteiger partial charge >= 0.3 is 5.97 Å². The van der Waals surface area contributed by atoms with E-state index >= 15 is 0 Å². The van der Waals surface area contributed by atoms with Crippen molar-refractivity contribution >= 4 is 27.5 Å². The van der Waals surface area contributed by atoms with Gasteiger partial charge in [-0.05, 0) is 73.4 Å². The molecule has 1 aliphatic carbocycles. The highest BCUT2D eigenvalue weighted by atomic mass is 79.9. The van der Waals surface area contributed by atoms with Gasteiger partial charge < -0.3 is 9.47 Å². The quantitative estimate of drug-likeness (QED) is 0.342. The SMILES string of the molecule is CCOC(=O)c1ccnc(C2=CCCC2c2cc(Br)ccc2OCc2ccc(F)cc2)c1. The number of nitrogens with zero attached hydrogens (tertiary/aromatic N) is 1. The second-order valence-electron chi connectivity index (χ2n) is 7.54. The van der Waals surface area contributed by atoms with Crippen molar-refractivity contribution in [1.29, 1.82) is 0 Å². The maximum Gasteiger partial charge on any atom is 0.338 e. The van der Waals surface area contributed by atoms with Crippen LogP contribution < -0.4 is 4.74 Å². The van der Waals surface area contributed by atoms with Gasteiger partial charge in [0.2, 0.25) is 0 Å². The fourth-order valence-electron chi connectivity index (χ4n) is 3.90. The van der Waals surface area contributed by atoms with E-state index in [9.17, 15) is 9.18 Å². The third kappa shape index (κ3) is 5.07. The molecule has 1 aliphatic rings. The average Bonchev–Trinajstić information content (AvgIpc) is 3.29. The normalized spacial score (nSPS) is 15.3. The minimum absolute atomic E-state index is 0.0839. The smallest absolute Gasteiger partial charge is 0.338 e. The monoisotopic (exact) mass is 495 g/mol. The highest BCUT2D eigenvalue weighted by Crippen LogP contribution is 2.45. The predicted molar refractivity (Wildman–Crippen MR) is 125 cm³/mol. The molecule has 164 valence electrons. The first-order valence-electron chi connectivity index (χ1n) is 10.6. The molecule has 6 heteroatoms. The van der Waals surface area contributed by atoms with Crippen molar-refractivity contribution in [3.8, 4) is 5.75 Å². The van der Waals surface area contributed by atoms with Crippen molar-refractivity contribution in [2.75, 3.05) is 6.61 Å². The Kier molecular flexibility index (Phi) is 7.00. The van der Waals surface area contributed by atoms with Crippen LogP contribution in [0.2, 0.25) is 0 Å². The van der Waals surface area contributed by atoms with Crippen LogP contribution in [0.3, 0.4) is 0 Å². The van der Waals surface area contributed by atoms with Gasteiger partial charge in [0.1, 0.15) is 18.2 Å². The van der Waals surface area contributed by atoms with Gasteiger partial charge in [-0.2, -0.15) is 0 Å². The highest BCUT2D eigenvalue weighted by Gasteiger charge is 2.27. The van der Waals surface area contributed by atoms with E-state index in [-0.39, 0.29) is 17.7 Å². The first-order chi connectivity index (χ1) is 15.5. The molecule has 1 unspecified atom stereocenters. The summed E-state index contributed by atoms with van der Waals surface area (Å²) in [6, 6.07) is 15.7. The molecule has 32 heavy (non-hydrogen) atoms. The number of benzene rings is 2. The summed E-state index contributed by atoms with van der Waals surface area (Å²) in [5.41, 5.74) is 4.27. The van der Waals surface area contributed by atoms with Crippen molar-refractivity contribution in [3.05, 3.63) is 99.5 Å². The topological polar surface area (TPSA) is 48.4 Å². The van der Waals surface area contributed by atoms with Crippen LogP contribution in [0.25, 0.3) is 5.57 Å². The Morgan fingerprint density at radius 2 is 1.97 bits per heavy atom. The molecule has 3 aromatic rings. The van der Waals surface area contributed by atoms with E-state index in [2.05, 4.69) is 33.1 Å². The van der Waals surface area contributed by atoms with E-state index in [4.69, 9.17) is 9.47 Å². The number of hydrogen-bond acceptors (Lipinski definition) is 4. The number of aromatic nitrogens is 1. The Balaban J connectivity index is 1.61. The van der Waals surface area contributed by atoms with Crippen LogP contribution in [0.1, 0.15) is 52.9 Å². The van der Waals surface area contributed by atoms with Crippen LogP contribution in [0, 0.1) is 5.82 Å². The number of carbonyl (C=O) groups is 1. The number of halogens is 2. The number of hydrogen-bond donors (Lipinski definition) is 0. The summed E-state index contributed by atoms with van der Waals surface area (Å²) in [7, 11) is 0. The van der Waals surface area contributed by atoms with E-state index in [0.717, 1.165) is 45.5 Å². The Labute approximate surface area is 195 Å². The van der Waals surface area contributed by atoms with Crippen molar-refractivity contribution in [3.63, 3.8) is 0 Å². The molecule has 4 rings (SSSR count). The molecule has 0 bridgehead atoms. The van der Waals surface area contributed by atoms with Crippen molar-refractivity contribution in [2.24, 2.45) is 0 Å². The standard InChI is InChI=1S/C26H23BrFNO3/c1-2-31-26(30)18-12-13-29-24(14-18)22-5-3-4-21(22)23-15-19(27)8-11-25(23)32-16-17-6-9-20(28)10-7-17/h5-15,21H,2-4,16H2,1H3. The number of allylic oxidation sites excluding steroid dienone is 2. The van der Waals surface area contributed by atoms with Gasteiger partial charge in [0.05, 0.1) is 17.9 Å². The Morgan fingerprint density at radius 3 is 2.75 bits per heavy atom. The first kappa shape index (κ1) is 22.2. The minimum atomic E-state index is -0.350. The van der Waals surface area contributed by atoms with E-state index in [1.54, 1.807) is 37.4 Å². The van der Waals surface area contributed by atoms with Crippen LogP contribution in [0.5, 0.6) is 5.75 Å². The second kappa shape index (κ2) is 10.1. The zero-order valence-corrected chi connectivity index (χ0v) is 19.3. The first-order valence-corrected chi connectivity index (χ1v) is 11.3. The molecule has 0 saturated carbocycles. The maximum atomic E-state index is 13.2. The van der Waals surface area contributed by atoms with Gasteiger partial charge in [0, 0.05) is 22.2 Å². The summed E-state index contributed by atoms with van der Waals surface area (Å²) < 4.78 is 25.4. The van der Waals surface area contributed by atoms with Crippen LogP contribution in [0.4, 0.5) is 4.39 Å². The van der Waals surface area contributed by atoms with E-state index < -0.39 is 0 Å². The Hall–Kier alpha value is -2.99. The molecule has 0 radical (unpaired) electrons. The van der Waals surface area contributed by atoms with Gasteiger partial charge in [-0.15, -0.1) is 0 Å². The molecule has 0 fully saturated rings. The Morgan fingerprint density at radius 1 is 1.16 bits per heavy atom. The molecular formula is C26H23BrFNO3. The summed E-state index contributed by atoms with van der Waals surface area (Å²) in [4.78, 5) is 16.7. The summed E-state index contributed by atoms with van der Waals surface area (Å²) in [5.74, 6) is 0.242. The third-order valence-corrected chi connectivity index (χ3v) is 5.91. The Bertz CT molecular complexity index is 1140. The number of rotatable bonds is 7. The van der Waals surface area contributed by atoms with Crippen LogP contribution in [0.15, 0.2) is 71.3 Å². The van der Waals surface area contributed by atoms with Crippen molar-refractivity contribution in [2.45, 2.75) is 32.3 Å². The molecule has 0 spiro atoms. The largest absolute Gasteiger partial charge is 0.489 e. The lowest BCUT2D eigenvalue weighted by atomic mass is 9.89. The molecule has 0 aliphatic heterocycles. The van der Waals surface area contributed by atoms with Crippen LogP contribution in [-0.2, 0) is 11.3 Å². The lowest BCUT2D eigenvalue weighted by Gasteiger charge is -2.20. The van der Waals surface area contributed by atoms with Gasteiger partial charge in [0.25, 0.3) is 0 Å². The zero-order chi connectivity index (χ0) is 22.5. The summed E-state index contributed by atoms with van der Waals surface area (Å²) in [6.45, 7) is 2.46. The summed E-state index contributed by atoms with van der Waals surface area (Å²) in [6.07, 6.45) is 5.65. The zero-order valence-electron chi connectivity index (χ0n) is 17.7. The van der Waals surface area contributed by atoms with Crippen molar-refractivity contribution in [1.82, 2.24) is 4.98 Å². The molecular weight excluding hydrogens is 473 g/mol. The number of ether oxygens (including phenoxy) is 2. The van der Waals surface area contributed by atoms with Crippen molar-refractivity contribution < 1.29 is 18.7 Å². The maximum absolute atomic E-state index is 13.2. The van der Waals surface area contributed by atoms with Gasteiger partial charge in [0.15, 0.2) is 0 Å². The molecule has 1 atom stereocenters. The van der Waals surface area contributed by atoms with Gasteiger partial charge in [-0.1, -0.05) is 34.1 Å². The molecule has 2 aromatic carbocycles. The molecule has 1 aromatic heterocycles. The number of carbonyl (C=O) groups excluding carboxylic acids is 1. The summed E-state index contributed by atoms with van der Waals surface area (Å²) >= 11 is 3.58. The average molecular weight is 496 g/mol. The molecule has 0 amide bonds.